The minimum atomic E-state index is -2.42. The molecule has 0 atom stereocenters. The van der Waals surface area contributed by atoms with Crippen molar-refractivity contribution in [1.82, 2.24) is 0 Å². The third-order valence-electron chi connectivity index (χ3n) is 5.35. The number of hydrogen-bond donors (Lipinski definition) is 0. The van der Waals surface area contributed by atoms with Crippen molar-refractivity contribution in [3.63, 3.8) is 0 Å². The van der Waals surface area contributed by atoms with E-state index in [1.165, 1.54) is 40.1 Å². The number of benzene rings is 4. The number of aryl methyl sites for hydroxylation is 4. The molecule has 0 nitrogen and oxygen atoms in total. The van der Waals surface area contributed by atoms with Gasteiger partial charge in [-0.2, -0.15) is 0 Å². The normalized spacial score (nSPS) is 12.0. The molecular formula is C28H28Mn. The van der Waals surface area contributed by atoms with Crippen LogP contribution in [0.15, 0.2) is 97.1 Å². The van der Waals surface area contributed by atoms with Crippen LogP contribution in [0.1, 0.15) is 22.3 Å². The van der Waals surface area contributed by atoms with Crippen molar-refractivity contribution in [2.45, 2.75) is 27.7 Å². The summed E-state index contributed by atoms with van der Waals surface area (Å²) >= 11 is -2.42. The van der Waals surface area contributed by atoms with E-state index in [1.807, 2.05) is 0 Å². The van der Waals surface area contributed by atoms with Gasteiger partial charge in [0.25, 0.3) is 0 Å². The van der Waals surface area contributed by atoms with Crippen molar-refractivity contribution < 1.29 is 12.8 Å². The molecule has 0 fully saturated rings. The van der Waals surface area contributed by atoms with Crippen LogP contribution in [0.25, 0.3) is 0 Å². The summed E-state index contributed by atoms with van der Waals surface area (Å²) < 4.78 is 5.73. The Morgan fingerprint density at radius 1 is 0.310 bits per heavy atom. The molecule has 29 heavy (non-hydrogen) atoms. The van der Waals surface area contributed by atoms with Gasteiger partial charge in [0.2, 0.25) is 0 Å². The van der Waals surface area contributed by atoms with E-state index < -0.39 is 12.8 Å². The fourth-order valence-electron chi connectivity index (χ4n) is 3.64. The van der Waals surface area contributed by atoms with Crippen LogP contribution >= 0.6 is 0 Å². The first-order chi connectivity index (χ1) is 14.0. The second kappa shape index (κ2) is 8.03. The van der Waals surface area contributed by atoms with Crippen LogP contribution in [-0.2, 0) is 12.8 Å². The van der Waals surface area contributed by atoms with E-state index >= 15 is 0 Å². The van der Waals surface area contributed by atoms with E-state index in [0.717, 1.165) is 0 Å². The molecule has 147 valence electrons. The van der Waals surface area contributed by atoms with Crippen molar-refractivity contribution >= 4 is 17.8 Å². The molecule has 0 heterocycles. The Hall–Kier alpha value is -2.60. The summed E-state index contributed by atoms with van der Waals surface area (Å²) in [5, 5.41) is 0. The zero-order valence-electron chi connectivity index (χ0n) is 17.6. The van der Waals surface area contributed by atoms with Crippen molar-refractivity contribution in [2.24, 2.45) is 0 Å². The average Bonchev–Trinajstić information content (AvgIpc) is 2.73. The molecule has 4 rings (SSSR count). The summed E-state index contributed by atoms with van der Waals surface area (Å²) in [6.45, 7) is 8.65. The van der Waals surface area contributed by atoms with Gasteiger partial charge in [0.05, 0.1) is 0 Å². The van der Waals surface area contributed by atoms with Crippen LogP contribution < -0.4 is 17.8 Å². The Morgan fingerprint density at radius 2 is 0.483 bits per heavy atom. The molecule has 4 aromatic carbocycles. The van der Waals surface area contributed by atoms with E-state index in [4.69, 9.17) is 0 Å². The summed E-state index contributed by atoms with van der Waals surface area (Å²) in [4.78, 5) is 0. The summed E-state index contributed by atoms with van der Waals surface area (Å²) in [6, 6.07) is 36.9. The minimum absolute atomic E-state index is 1.30. The fraction of sp³-hybridized carbons (Fsp3) is 0.143. The topological polar surface area (TPSA) is 0 Å². The molecule has 0 N–H and O–H groups in total. The quantitative estimate of drug-likeness (QED) is 0.422. The molecule has 0 saturated carbocycles. The molecule has 0 unspecified atom stereocenters. The van der Waals surface area contributed by atoms with Gasteiger partial charge in [0, 0.05) is 0 Å². The van der Waals surface area contributed by atoms with Gasteiger partial charge in [-0.05, 0) is 0 Å². The van der Waals surface area contributed by atoms with E-state index in [-0.39, 0.29) is 0 Å². The van der Waals surface area contributed by atoms with Gasteiger partial charge in [-0.1, -0.05) is 0 Å². The predicted octanol–water partition coefficient (Wildman–Crippen LogP) is 4.68. The Balaban J connectivity index is 2.11. The monoisotopic (exact) mass is 419 g/mol. The molecule has 0 amide bonds. The molecule has 0 aliphatic rings. The first kappa shape index (κ1) is 19.7. The third kappa shape index (κ3) is 3.69. The standard InChI is InChI=1S/4C7H7.Mn/c4*1-7-5-3-2-4-6-7;/h4*3-6H,1H3;. The molecule has 0 aliphatic heterocycles. The first-order valence-electron chi connectivity index (χ1n) is 10.0. The second-order valence-electron chi connectivity index (χ2n) is 7.75. The van der Waals surface area contributed by atoms with Crippen LogP contribution in [0, 0.1) is 27.7 Å². The van der Waals surface area contributed by atoms with Crippen LogP contribution in [0.4, 0.5) is 0 Å². The molecule has 0 spiro atoms. The van der Waals surface area contributed by atoms with Gasteiger partial charge in [0.1, 0.15) is 0 Å². The molecular weight excluding hydrogens is 391 g/mol. The van der Waals surface area contributed by atoms with Crippen LogP contribution in [-0.4, -0.2) is 0 Å². The molecule has 4 aromatic rings. The predicted molar refractivity (Wildman–Crippen MR) is 123 cm³/mol. The SMILES string of the molecule is Cc1cc[c]([Mn]([c]2ccc(C)cc2)([c]2ccc(C)cc2)[c]2ccc(C)cc2)cc1. The Kier molecular flexibility index (Phi) is 5.45. The average molecular weight is 419 g/mol. The summed E-state index contributed by atoms with van der Waals surface area (Å²) in [6.07, 6.45) is 0. The van der Waals surface area contributed by atoms with Gasteiger partial charge in [-0.15, -0.1) is 0 Å². The summed E-state index contributed by atoms with van der Waals surface area (Å²) in [5.74, 6) is 0. The molecule has 0 radical (unpaired) electrons. The molecule has 0 aliphatic carbocycles. The Labute approximate surface area is 177 Å². The van der Waals surface area contributed by atoms with E-state index in [2.05, 4.69) is 125 Å². The van der Waals surface area contributed by atoms with Gasteiger partial charge >= 0.3 is 178 Å². The van der Waals surface area contributed by atoms with E-state index in [9.17, 15) is 0 Å². The maximum absolute atomic E-state index is 2.42. The third-order valence-corrected chi connectivity index (χ3v) is 11.0. The van der Waals surface area contributed by atoms with Crippen LogP contribution in [0.5, 0.6) is 0 Å². The molecule has 0 bridgehead atoms. The molecule has 1 heteroatoms. The van der Waals surface area contributed by atoms with Crippen molar-refractivity contribution in [3.05, 3.63) is 119 Å². The van der Waals surface area contributed by atoms with Crippen LogP contribution in [0.3, 0.4) is 0 Å². The van der Waals surface area contributed by atoms with Crippen molar-refractivity contribution in [2.75, 3.05) is 0 Å². The zero-order chi connectivity index (χ0) is 20.4. The second-order valence-corrected chi connectivity index (χ2v) is 12.2. The molecule has 0 saturated heterocycles. The van der Waals surface area contributed by atoms with Gasteiger partial charge in [-0.3, -0.25) is 0 Å². The summed E-state index contributed by atoms with van der Waals surface area (Å²) in [7, 11) is 0. The van der Waals surface area contributed by atoms with Crippen molar-refractivity contribution in [1.29, 1.82) is 0 Å². The van der Waals surface area contributed by atoms with E-state index in [1.54, 1.807) is 0 Å². The van der Waals surface area contributed by atoms with Crippen molar-refractivity contribution in [3.8, 4) is 0 Å². The maximum atomic E-state index is 2.35. The van der Waals surface area contributed by atoms with Gasteiger partial charge in [-0.25, -0.2) is 0 Å². The van der Waals surface area contributed by atoms with Gasteiger partial charge < -0.3 is 0 Å². The van der Waals surface area contributed by atoms with Crippen LogP contribution in [0.2, 0.25) is 0 Å². The Bertz CT molecular complexity index is 900. The Morgan fingerprint density at radius 3 is 0.655 bits per heavy atom. The fourth-order valence-corrected chi connectivity index (χ4v) is 9.15. The van der Waals surface area contributed by atoms with Gasteiger partial charge in [0.15, 0.2) is 0 Å². The zero-order valence-corrected chi connectivity index (χ0v) is 18.8. The van der Waals surface area contributed by atoms with E-state index in [0.29, 0.717) is 0 Å². The number of hydrogen-bond acceptors (Lipinski definition) is 0. The molecule has 0 aromatic heterocycles. The number of rotatable bonds is 4. The summed E-state index contributed by atoms with van der Waals surface area (Å²) in [5.41, 5.74) is 5.20. The first-order valence-corrected chi connectivity index (χ1v) is 12.4.